The molecule has 1 amide bonds. The Morgan fingerprint density at radius 1 is 1.35 bits per heavy atom. The summed E-state index contributed by atoms with van der Waals surface area (Å²) in [6.07, 6.45) is 3.41. The van der Waals surface area contributed by atoms with Crippen LogP contribution in [-0.4, -0.2) is 42.3 Å². The molecule has 2 saturated heterocycles. The number of amides is 1. The summed E-state index contributed by atoms with van der Waals surface area (Å²) in [5, 5.41) is 3.38. The molecule has 0 saturated carbocycles. The molecule has 17 heavy (non-hydrogen) atoms. The molecule has 0 spiro atoms. The maximum atomic E-state index is 12.1. The largest absolute Gasteiger partial charge is 0.444 e. The van der Waals surface area contributed by atoms with E-state index in [1.165, 1.54) is 12.8 Å². The van der Waals surface area contributed by atoms with Gasteiger partial charge in [0.25, 0.3) is 0 Å². The van der Waals surface area contributed by atoms with Crippen LogP contribution in [0.3, 0.4) is 0 Å². The third-order valence-electron chi connectivity index (χ3n) is 3.59. The van der Waals surface area contributed by atoms with Crippen molar-refractivity contribution in [1.82, 2.24) is 10.2 Å². The van der Waals surface area contributed by atoms with Gasteiger partial charge in [0.15, 0.2) is 0 Å². The second kappa shape index (κ2) is 4.84. The van der Waals surface area contributed by atoms with E-state index in [0.717, 1.165) is 26.1 Å². The lowest BCUT2D eigenvalue weighted by Crippen LogP contribution is -2.56. The Balaban J connectivity index is 2.01. The fourth-order valence-electron chi connectivity index (χ4n) is 2.83. The van der Waals surface area contributed by atoms with Gasteiger partial charge in [0.1, 0.15) is 5.60 Å². The fraction of sp³-hybridized carbons (Fsp3) is 0.923. The number of carbonyl (C=O) groups excluding carboxylic acids is 1. The molecule has 0 aromatic heterocycles. The first-order chi connectivity index (χ1) is 7.97. The average Bonchev–Trinajstić information content (AvgIpc) is 2.26. The number of nitrogens with zero attached hydrogens (tertiary/aromatic N) is 1. The maximum Gasteiger partial charge on any atom is 0.410 e. The number of ether oxygens (including phenoxy) is 1. The molecule has 1 N–H and O–H groups in total. The standard InChI is InChI=1S/C13H24N2O2/c1-13(2,3)17-12(16)15-8-4-5-10-6-7-14-9-11(10)15/h10-11,14H,4-9H2,1-3H3. The van der Waals surface area contributed by atoms with Crippen molar-refractivity contribution < 1.29 is 9.53 Å². The molecule has 0 aliphatic carbocycles. The second-order valence-electron chi connectivity index (χ2n) is 6.14. The van der Waals surface area contributed by atoms with Crippen LogP contribution >= 0.6 is 0 Å². The number of likely N-dealkylation sites (tertiary alicyclic amines) is 1. The first-order valence-electron chi connectivity index (χ1n) is 6.68. The summed E-state index contributed by atoms with van der Waals surface area (Å²) in [5.41, 5.74) is -0.397. The first kappa shape index (κ1) is 12.7. The predicted octanol–water partition coefficient (Wildman–Crippen LogP) is 2.00. The van der Waals surface area contributed by atoms with E-state index in [1.54, 1.807) is 0 Å². The topological polar surface area (TPSA) is 41.6 Å². The van der Waals surface area contributed by atoms with Crippen molar-refractivity contribution in [3.8, 4) is 0 Å². The van der Waals surface area contributed by atoms with Gasteiger partial charge in [-0.2, -0.15) is 0 Å². The molecular weight excluding hydrogens is 216 g/mol. The Hall–Kier alpha value is -0.770. The molecule has 2 aliphatic rings. The van der Waals surface area contributed by atoms with E-state index in [1.807, 2.05) is 25.7 Å². The van der Waals surface area contributed by atoms with E-state index in [4.69, 9.17) is 4.74 Å². The van der Waals surface area contributed by atoms with Gasteiger partial charge >= 0.3 is 6.09 Å². The van der Waals surface area contributed by atoms with Gasteiger partial charge in [-0.3, -0.25) is 0 Å². The van der Waals surface area contributed by atoms with Crippen LogP contribution in [0.2, 0.25) is 0 Å². The highest BCUT2D eigenvalue weighted by molar-refractivity contribution is 5.68. The maximum absolute atomic E-state index is 12.1. The van der Waals surface area contributed by atoms with E-state index < -0.39 is 5.60 Å². The van der Waals surface area contributed by atoms with E-state index in [9.17, 15) is 4.79 Å². The lowest BCUT2D eigenvalue weighted by molar-refractivity contribution is -0.00437. The Morgan fingerprint density at radius 3 is 2.82 bits per heavy atom. The molecule has 0 bridgehead atoms. The van der Waals surface area contributed by atoms with Gasteiger partial charge < -0.3 is 15.0 Å². The second-order valence-corrected chi connectivity index (χ2v) is 6.14. The minimum atomic E-state index is -0.397. The lowest BCUT2D eigenvalue weighted by Gasteiger charge is -2.44. The Morgan fingerprint density at radius 2 is 2.12 bits per heavy atom. The molecule has 2 heterocycles. The molecule has 4 heteroatoms. The minimum Gasteiger partial charge on any atom is -0.444 e. The van der Waals surface area contributed by atoms with E-state index >= 15 is 0 Å². The van der Waals surface area contributed by atoms with E-state index in [2.05, 4.69) is 5.32 Å². The van der Waals surface area contributed by atoms with Crippen molar-refractivity contribution in [1.29, 1.82) is 0 Å². The van der Waals surface area contributed by atoms with Crippen LogP contribution in [0, 0.1) is 5.92 Å². The van der Waals surface area contributed by atoms with Gasteiger partial charge in [-0.15, -0.1) is 0 Å². The quantitative estimate of drug-likeness (QED) is 0.704. The molecular formula is C13H24N2O2. The molecule has 4 nitrogen and oxygen atoms in total. The van der Waals surface area contributed by atoms with Crippen LogP contribution in [-0.2, 0) is 4.74 Å². The average molecular weight is 240 g/mol. The van der Waals surface area contributed by atoms with Crippen LogP contribution in [0.5, 0.6) is 0 Å². The summed E-state index contributed by atoms with van der Waals surface area (Å²) in [4.78, 5) is 14.1. The lowest BCUT2D eigenvalue weighted by atomic mass is 9.84. The van der Waals surface area contributed by atoms with Gasteiger partial charge in [0, 0.05) is 13.1 Å². The highest BCUT2D eigenvalue weighted by atomic mass is 16.6. The molecule has 2 atom stereocenters. The van der Waals surface area contributed by atoms with Crippen molar-refractivity contribution in [2.75, 3.05) is 19.6 Å². The molecule has 0 aromatic rings. The Labute approximate surface area is 104 Å². The van der Waals surface area contributed by atoms with Crippen molar-refractivity contribution in [3.05, 3.63) is 0 Å². The minimum absolute atomic E-state index is 0.143. The van der Waals surface area contributed by atoms with Gasteiger partial charge in [-0.25, -0.2) is 4.79 Å². The van der Waals surface area contributed by atoms with Crippen molar-refractivity contribution >= 4 is 6.09 Å². The summed E-state index contributed by atoms with van der Waals surface area (Å²) in [5.74, 6) is 0.664. The molecule has 2 aliphatic heterocycles. The molecule has 2 fully saturated rings. The zero-order valence-electron chi connectivity index (χ0n) is 11.2. The molecule has 2 unspecified atom stereocenters. The third kappa shape index (κ3) is 3.12. The van der Waals surface area contributed by atoms with Crippen LogP contribution in [0.1, 0.15) is 40.0 Å². The Kier molecular flexibility index (Phi) is 3.61. The van der Waals surface area contributed by atoms with Crippen LogP contribution in [0.25, 0.3) is 0 Å². The highest BCUT2D eigenvalue weighted by Crippen LogP contribution is 2.29. The molecule has 2 rings (SSSR count). The van der Waals surface area contributed by atoms with Gasteiger partial charge in [-0.05, 0) is 52.5 Å². The van der Waals surface area contributed by atoms with Crippen molar-refractivity contribution in [3.63, 3.8) is 0 Å². The number of piperidine rings is 2. The summed E-state index contributed by atoms with van der Waals surface area (Å²) < 4.78 is 5.49. The van der Waals surface area contributed by atoms with Crippen molar-refractivity contribution in [2.24, 2.45) is 5.92 Å². The number of hydrogen-bond donors (Lipinski definition) is 1. The van der Waals surface area contributed by atoms with Gasteiger partial charge in [0.05, 0.1) is 6.04 Å². The summed E-state index contributed by atoms with van der Waals surface area (Å²) >= 11 is 0. The monoisotopic (exact) mass is 240 g/mol. The zero-order valence-corrected chi connectivity index (χ0v) is 11.2. The number of rotatable bonds is 0. The summed E-state index contributed by atoms with van der Waals surface area (Å²) in [6, 6.07) is 0.340. The molecule has 0 radical (unpaired) electrons. The predicted molar refractivity (Wildman–Crippen MR) is 66.9 cm³/mol. The first-order valence-corrected chi connectivity index (χ1v) is 6.68. The van der Waals surface area contributed by atoms with Crippen LogP contribution < -0.4 is 5.32 Å². The smallest absolute Gasteiger partial charge is 0.410 e. The van der Waals surface area contributed by atoms with Crippen molar-refractivity contribution in [2.45, 2.75) is 51.7 Å². The number of carbonyl (C=O) groups is 1. The SMILES string of the molecule is CC(C)(C)OC(=O)N1CCCC2CCNCC21. The summed E-state index contributed by atoms with van der Waals surface area (Å²) in [6.45, 7) is 8.62. The number of nitrogens with one attached hydrogen (secondary N) is 1. The molecule has 98 valence electrons. The van der Waals surface area contributed by atoms with Gasteiger partial charge in [0.2, 0.25) is 0 Å². The number of hydrogen-bond acceptors (Lipinski definition) is 3. The Bertz CT molecular complexity index is 284. The normalized spacial score (nSPS) is 29.7. The van der Waals surface area contributed by atoms with Gasteiger partial charge in [-0.1, -0.05) is 0 Å². The molecule has 0 aromatic carbocycles. The van der Waals surface area contributed by atoms with Crippen LogP contribution in [0.15, 0.2) is 0 Å². The fourth-order valence-corrected chi connectivity index (χ4v) is 2.83. The number of fused-ring (bicyclic) bond motifs is 1. The zero-order chi connectivity index (χ0) is 12.5. The van der Waals surface area contributed by atoms with E-state index in [0.29, 0.717) is 12.0 Å². The van der Waals surface area contributed by atoms with E-state index in [-0.39, 0.29) is 6.09 Å². The highest BCUT2D eigenvalue weighted by Gasteiger charge is 2.37. The van der Waals surface area contributed by atoms with Crippen LogP contribution in [0.4, 0.5) is 4.79 Å². The third-order valence-corrected chi connectivity index (χ3v) is 3.59. The summed E-state index contributed by atoms with van der Waals surface area (Å²) in [7, 11) is 0.